The van der Waals surface area contributed by atoms with E-state index in [-0.39, 0.29) is 5.82 Å². The maximum atomic E-state index is 13.0. The Morgan fingerprint density at radius 3 is 2.60 bits per heavy atom. The fourth-order valence-corrected chi connectivity index (χ4v) is 2.58. The zero-order chi connectivity index (χ0) is 13.9. The number of fused-ring (bicyclic) bond motifs is 1. The quantitative estimate of drug-likeness (QED) is 0.631. The number of ether oxygens (including phenoxy) is 1. The first-order valence-corrected chi connectivity index (χ1v) is 7.08. The lowest BCUT2D eigenvalue weighted by atomic mass is 10.1. The summed E-state index contributed by atoms with van der Waals surface area (Å²) < 4.78 is 19.6. The highest BCUT2D eigenvalue weighted by Crippen LogP contribution is 2.27. The summed E-state index contributed by atoms with van der Waals surface area (Å²) in [5, 5.41) is 2.22. The third kappa shape index (κ3) is 2.68. The molecule has 3 heteroatoms. The van der Waals surface area contributed by atoms with Crippen LogP contribution in [0.15, 0.2) is 65.1 Å². The van der Waals surface area contributed by atoms with Crippen molar-refractivity contribution in [2.24, 2.45) is 0 Å². The van der Waals surface area contributed by atoms with Gasteiger partial charge in [-0.3, -0.25) is 0 Å². The van der Waals surface area contributed by atoms with Gasteiger partial charge in [0.15, 0.2) is 0 Å². The minimum atomic E-state index is -0.259. The van der Waals surface area contributed by atoms with E-state index < -0.39 is 0 Å². The van der Waals surface area contributed by atoms with Gasteiger partial charge in [-0.1, -0.05) is 58.4 Å². The molecule has 1 nitrogen and oxygen atoms in total. The van der Waals surface area contributed by atoms with E-state index in [1.54, 1.807) is 6.07 Å². The molecule has 0 saturated heterocycles. The van der Waals surface area contributed by atoms with Crippen LogP contribution in [0.2, 0.25) is 0 Å². The van der Waals surface area contributed by atoms with Crippen LogP contribution in [-0.2, 0) is 6.61 Å². The SMILES string of the molecule is Fc1ccc(COc2cccc3ccccc23)c(Br)c1. The Balaban J connectivity index is 1.87. The van der Waals surface area contributed by atoms with Crippen LogP contribution >= 0.6 is 15.9 Å². The first-order valence-electron chi connectivity index (χ1n) is 6.28. The average Bonchev–Trinajstić information content (AvgIpc) is 2.46. The van der Waals surface area contributed by atoms with Crippen LogP contribution in [0, 0.1) is 5.82 Å². The van der Waals surface area contributed by atoms with Crippen LogP contribution in [0.4, 0.5) is 4.39 Å². The van der Waals surface area contributed by atoms with Gasteiger partial charge in [-0.2, -0.15) is 0 Å². The lowest BCUT2D eigenvalue weighted by Gasteiger charge is -2.10. The summed E-state index contributed by atoms with van der Waals surface area (Å²) in [5.74, 6) is 0.574. The van der Waals surface area contributed by atoms with Crippen molar-refractivity contribution in [1.29, 1.82) is 0 Å². The van der Waals surface area contributed by atoms with Crippen LogP contribution in [0.1, 0.15) is 5.56 Å². The van der Waals surface area contributed by atoms with Crippen LogP contribution in [0.25, 0.3) is 10.8 Å². The third-order valence-electron chi connectivity index (χ3n) is 3.15. The van der Waals surface area contributed by atoms with Crippen LogP contribution in [0.3, 0.4) is 0 Å². The second kappa shape index (κ2) is 5.63. The summed E-state index contributed by atoms with van der Waals surface area (Å²) in [4.78, 5) is 0. The van der Waals surface area contributed by atoms with Crippen molar-refractivity contribution in [1.82, 2.24) is 0 Å². The Morgan fingerprint density at radius 2 is 1.75 bits per heavy atom. The molecule has 0 aromatic heterocycles. The summed E-state index contributed by atoms with van der Waals surface area (Å²) in [6.07, 6.45) is 0. The van der Waals surface area contributed by atoms with Gasteiger partial charge in [0.25, 0.3) is 0 Å². The second-order valence-corrected chi connectivity index (χ2v) is 5.36. The smallest absolute Gasteiger partial charge is 0.127 e. The highest BCUT2D eigenvalue weighted by Gasteiger charge is 2.05. The highest BCUT2D eigenvalue weighted by molar-refractivity contribution is 9.10. The van der Waals surface area contributed by atoms with Crippen LogP contribution in [0.5, 0.6) is 5.75 Å². The van der Waals surface area contributed by atoms with Crippen molar-refractivity contribution in [3.05, 3.63) is 76.5 Å². The van der Waals surface area contributed by atoms with Crippen molar-refractivity contribution in [2.75, 3.05) is 0 Å². The van der Waals surface area contributed by atoms with Gasteiger partial charge in [0.2, 0.25) is 0 Å². The summed E-state index contributed by atoms with van der Waals surface area (Å²) >= 11 is 3.35. The van der Waals surface area contributed by atoms with E-state index in [1.165, 1.54) is 12.1 Å². The second-order valence-electron chi connectivity index (χ2n) is 4.50. The fourth-order valence-electron chi connectivity index (χ4n) is 2.12. The predicted molar refractivity (Wildman–Crippen MR) is 82.4 cm³/mol. The van der Waals surface area contributed by atoms with Gasteiger partial charge < -0.3 is 4.74 Å². The molecule has 0 unspecified atom stereocenters. The van der Waals surface area contributed by atoms with Crippen molar-refractivity contribution in [2.45, 2.75) is 6.61 Å². The molecule has 0 radical (unpaired) electrons. The molecule has 3 rings (SSSR count). The van der Waals surface area contributed by atoms with Crippen LogP contribution in [-0.4, -0.2) is 0 Å². The third-order valence-corrected chi connectivity index (χ3v) is 3.89. The molecule has 0 atom stereocenters. The summed E-state index contributed by atoms with van der Waals surface area (Å²) in [7, 11) is 0. The number of benzene rings is 3. The molecule has 3 aromatic rings. The van der Waals surface area contributed by atoms with E-state index in [0.717, 1.165) is 26.6 Å². The van der Waals surface area contributed by atoms with E-state index in [9.17, 15) is 4.39 Å². The maximum absolute atomic E-state index is 13.0. The molecule has 100 valence electrons. The van der Waals surface area contributed by atoms with Gasteiger partial charge in [0, 0.05) is 15.4 Å². The van der Waals surface area contributed by atoms with Gasteiger partial charge in [-0.15, -0.1) is 0 Å². The van der Waals surface area contributed by atoms with E-state index in [0.29, 0.717) is 6.61 Å². The van der Waals surface area contributed by atoms with Crippen LogP contribution < -0.4 is 4.74 Å². The summed E-state index contributed by atoms with van der Waals surface area (Å²) in [6.45, 7) is 0.398. The van der Waals surface area contributed by atoms with Gasteiger partial charge in [0.1, 0.15) is 18.2 Å². The number of rotatable bonds is 3. The van der Waals surface area contributed by atoms with E-state index >= 15 is 0 Å². The molecule has 0 spiro atoms. The highest BCUT2D eigenvalue weighted by atomic mass is 79.9. The minimum absolute atomic E-state index is 0.259. The summed E-state index contributed by atoms with van der Waals surface area (Å²) in [5.41, 5.74) is 0.916. The Bertz CT molecular complexity index is 750. The topological polar surface area (TPSA) is 9.23 Å². The molecular formula is C17H12BrFO. The molecule has 0 fully saturated rings. The zero-order valence-electron chi connectivity index (χ0n) is 10.6. The Morgan fingerprint density at radius 1 is 0.950 bits per heavy atom. The molecular weight excluding hydrogens is 319 g/mol. The first kappa shape index (κ1) is 13.1. The van der Waals surface area contributed by atoms with Crippen molar-refractivity contribution >= 4 is 26.7 Å². The summed E-state index contributed by atoms with van der Waals surface area (Å²) in [6, 6.07) is 18.7. The number of hydrogen-bond donors (Lipinski definition) is 0. The number of halogens is 2. The number of hydrogen-bond acceptors (Lipinski definition) is 1. The standard InChI is InChI=1S/C17H12BrFO/c18-16-10-14(19)9-8-13(16)11-20-17-7-3-5-12-4-1-2-6-15(12)17/h1-10H,11H2. The Labute approximate surface area is 125 Å². The molecule has 3 aromatic carbocycles. The largest absolute Gasteiger partial charge is 0.488 e. The molecule has 0 N–H and O–H groups in total. The molecule has 0 aliphatic carbocycles. The molecule has 0 bridgehead atoms. The molecule has 0 aliphatic rings. The Kier molecular flexibility index (Phi) is 3.70. The fraction of sp³-hybridized carbons (Fsp3) is 0.0588. The molecule has 0 amide bonds. The van der Waals surface area contributed by atoms with Crippen molar-refractivity contribution < 1.29 is 9.13 Å². The van der Waals surface area contributed by atoms with Gasteiger partial charge >= 0.3 is 0 Å². The zero-order valence-corrected chi connectivity index (χ0v) is 12.2. The maximum Gasteiger partial charge on any atom is 0.127 e. The van der Waals surface area contributed by atoms with Crippen molar-refractivity contribution in [3.63, 3.8) is 0 Å². The molecule has 20 heavy (non-hydrogen) atoms. The Hall–Kier alpha value is -1.87. The molecule has 0 heterocycles. The monoisotopic (exact) mass is 330 g/mol. The van der Waals surface area contributed by atoms with Gasteiger partial charge in [-0.25, -0.2) is 4.39 Å². The normalized spacial score (nSPS) is 10.7. The van der Waals surface area contributed by atoms with Gasteiger partial charge in [0.05, 0.1) is 0 Å². The van der Waals surface area contributed by atoms with Crippen molar-refractivity contribution in [3.8, 4) is 5.75 Å². The van der Waals surface area contributed by atoms with E-state index in [4.69, 9.17) is 4.74 Å². The predicted octanol–water partition coefficient (Wildman–Crippen LogP) is 5.32. The average molecular weight is 331 g/mol. The molecule has 0 aliphatic heterocycles. The first-order chi connectivity index (χ1) is 9.74. The van der Waals surface area contributed by atoms with Gasteiger partial charge in [-0.05, 0) is 23.6 Å². The lowest BCUT2D eigenvalue weighted by Crippen LogP contribution is -1.97. The molecule has 0 saturated carbocycles. The minimum Gasteiger partial charge on any atom is -0.488 e. The lowest BCUT2D eigenvalue weighted by molar-refractivity contribution is 0.309. The van der Waals surface area contributed by atoms with E-state index in [2.05, 4.69) is 28.1 Å². The van der Waals surface area contributed by atoms with E-state index in [1.807, 2.05) is 30.3 Å².